The predicted octanol–water partition coefficient (Wildman–Crippen LogP) is 2.72. The number of halogens is 1. The van der Waals surface area contributed by atoms with Crippen molar-refractivity contribution < 1.29 is 48.3 Å². The Morgan fingerprint density at radius 1 is 1.09 bits per heavy atom. The van der Waals surface area contributed by atoms with Gasteiger partial charge < -0.3 is 44.5 Å². The Morgan fingerprint density at radius 3 is 2.49 bits per heavy atom. The molecular weight excluding hydrogens is 588 g/mol. The number of methoxy groups -OCH3 is 1. The number of aliphatic hydroxyl groups excluding tert-OH is 1. The van der Waals surface area contributed by atoms with Crippen LogP contribution in [-0.2, 0) is 14.3 Å². The third kappa shape index (κ3) is 8.90. The number of benzene rings is 2. The monoisotopic (exact) mass is 620 g/mol. The number of hydrazone groups is 1. The highest BCUT2D eigenvalue weighted by molar-refractivity contribution is 6.32. The molecule has 0 fully saturated rings. The number of allylic oxidation sites excluding steroid dienone is 1. The second kappa shape index (κ2) is 15.5. The van der Waals surface area contributed by atoms with Gasteiger partial charge >= 0.3 is 18.0 Å². The average molecular weight is 621 g/mol. The number of aliphatic carboxylic acids is 1. The van der Waals surface area contributed by atoms with Crippen LogP contribution in [-0.4, -0.2) is 74.2 Å². The summed E-state index contributed by atoms with van der Waals surface area (Å²) < 4.78 is 27.1. The molecule has 0 unspecified atom stereocenters. The van der Waals surface area contributed by atoms with E-state index in [4.69, 9.17) is 40.4 Å². The first-order chi connectivity index (χ1) is 20.6. The van der Waals surface area contributed by atoms with E-state index in [1.165, 1.54) is 19.4 Å². The molecule has 0 radical (unpaired) electrons. The number of urea groups is 1. The van der Waals surface area contributed by atoms with Gasteiger partial charge in [-0.2, -0.15) is 5.10 Å². The highest BCUT2D eigenvalue weighted by Gasteiger charge is 2.32. The third-order valence-electron chi connectivity index (χ3n) is 5.78. The summed E-state index contributed by atoms with van der Waals surface area (Å²) in [7, 11) is 1.25. The van der Waals surface area contributed by atoms with Crippen LogP contribution in [0.3, 0.4) is 0 Å². The van der Waals surface area contributed by atoms with Crippen molar-refractivity contribution in [3.63, 3.8) is 0 Å². The van der Waals surface area contributed by atoms with Crippen molar-refractivity contribution in [3.8, 4) is 23.0 Å². The SMILES string of the molecule is CCOc1cc([C@@H]2NC(=O)NC(C)=C2C(=O)OC)ccc1OC[C@@H](O)N/N=C\c1cc(Cl)c(OCC(=O)O)c(OCC)c1. The summed E-state index contributed by atoms with van der Waals surface area (Å²) in [6.07, 6.45) is 0.145. The van der Waals surface area contributed by atoms with Gasteiger partial charge in [0.2, 0.25) is 0 Å². The average Bonchev–Trinajstić information content (AvgIpc) is 2.95. The lowest BCUT2D eigenvalue weighted by atomic mass is 9.95. The molecule has 232 valence electrons. The molecule has 0 saturated heterocycles. The number of nitrogens with zero attached hydrogens (tertiary/aromatic N) is 1. The van der Waals surface area contributed by atoms with Crippen molar-refractivity contribution in [1.82, 2.24) is 16.1 Å². The van der Waals surface area contributed by atoms with Gasteiger partial charge in [-0.3, -0.25) is 5.43 Å². The third-order valence-corrected chi connectivity index (χ3v) is 6.06. The number of carboxylic acids is 1. The molecule has 0 saturated carbocycles. The first-order valence-electron chi connectivity index (χ1n) is 13.1. The Kier molecular flexibility index (Phi) is 11.8. The quantitative estimate of drug-likeness (QED) is 0.0853. The minimum absolute atomic E-state index is 0.0933. The molecule has 1 aliphatic heterocycles. The number of carbonyl (C=O) groups is 3. The van der Waals surface area contributed by atoms with Crippen molar-refractivity contribution in [3.05, 3.63) is 57.8 Å². The van der Waals surface area contributed by atoms with Gasteiger partial charge in [-0.1, -0.05) is 17.7 Å². The van der Waals surface area contributed by atoms with Crippen molar-refractivity contribution in [2.75, 3.05) is 33.5 Å². The molecule has 0 aromatic heterocycles. The van der Waals surface area contributed by atoms with Gasteiger partial charge in [0, 0.05) is 5.70 Å². The van der Waals surface area contributed by atoms with E-state index >= 15 is 0 Å². The molecule has 1 heterocycles. The van der Waals surface area contributed by atoms with Crippen LogP contribution < -0.4 is 35.0 Å². The second-order valence-electron chi connectivity index (χ2n) is 8.86. The fourth-order valence-corrected chi connectivity index (χ4v) is 4.29. The van der Waals surface area contributed by atoms with Crippen LogP contribution in [0.2, 0.25) is 5.02 Å². The number of carboxylic acid groups (broad SMARTS) is 1. The van der Waals surface area contributed by atoms with E-state index in [0.29, 0.717) is 34.9 Å². The highest BCUT2D eigenvalue weighted by Crippen LogP contribution is 2.37. The standard InChI is InChI=1S/C28H33ClN4O10/c1-5-40-20-11-17(25-24(27(37)39-4)15(3)31-28(38)32-25)7-8-19(20)42-13-22(34)33-30-12-16-9-18(29)26(43-14-23(35)36)21(10-16)41-6-2/h7-12,22,25,33-34H,5-6,13-14H2,1-4H3,(H,35,36)(H2,31,32,38)/b30-12-/t22-,25+/m1/s1. The molecule has 2 amide bonds. The van der Waals surface area contributed by atoms with Crippen LogP contribution in [0, 0.1) is 0 Å². The molecular formula is C28H33ClN4O10. The molecule has 0 aliphatic carbocycles. The van der Waals surface area contributed by atoms with Gasteiger partial charge in [0.05, 0.1) is 43.2 Å². The highest BCUT2D eigenvalue weighted by atomic mass is 35.5. The first kappa shape index (κ1) is 32.8. The molecule has 0 spiro atoms. The number of esters is 1. The van der Waals surface area contributed by atoms with E-state index in [-0.39, 0.29) is 35.3 Å². The minimum atomic E-state index is -1.23. The van der Waals surface area contributed by atoms with Gasteiger partial charge in [0.1, 0.15) is 6.61 Å². The van der Waals surface area contributed by atoms with Crippen LogP contribution in [0.5, 0.6) is 23.0 Å². The van der Waals surface area contributed by atoms with E-state index in [1.807, 2.05) is 0 Å². The molecule has 2 atom stereocenters. The summed E-state index contributed by atoms with van der Waals surface area (Å²) in [6, 6.07) is 6.69. The molecule has 43 heavy (non-hydrogen) atoms. The van der Waals surface area contributed by atoms with Crippen molar-refractivity contribution >= 4 is 35.8 Å². The molecule has 1 aliphatic rings. The minimum Gasteiger partial charge on any atom is -0.490 e. The topological polar surface area (TPSA) is 186 Å². The maximum Gasteiger partial charge on any atom is 0.341 e. The molecule has 2 aromatic rings. The van der Waals surface area contributed by atoms with E-state index in [2.05, 4.69) is 21.2 Å². The van der Waals surface area contributed by atoms with E-state index in [0.717, 1.165) is 0 Å². The summed E-state index contributed by atoms with van der Waals surface area (Å²) >= 11 is 6.25. The Labute approximate surface area is 252 Å². The van der Waals surface area contributed by atoms with Gasteiger partial charge in [-0.05, 0) is 56.2 Å². The maximum atomic E-state index is 12.4. The molecule has 3 rings (SSSR count). The van der Waals surface area contributed by atoms with Gasteiger partial charge in [-0.15, -0.1) is 0 Å². The van der Waals surface area contributed by atoms with E-state index in [9.17, 15) is 19.5 Å². The Morgan fingerprint density at radius 2 is 1.81 bits per heavy atom. The lowest BCUT2D eigenvalue weighted by Gasteiger charge is -2.28. The smallest absolute Gasteiger partial charge is 0.341 e. The second-order valence-corrected chi connectivity index (χ2v) is 9.27. The van der Waals surface area contributed by atoms with Crippen molar-refractivity contribution in [1.29, 1.82) is 0 Å². The zero-order valence-corrected chi connectivity index (χ0v) is 24.7. The number of ether oxygens (including phenoxy) is 5. The maximum absolute atomic E-state index is 12.4. The lowest BCUT2D eigenvalue weighted by Crippen LogP contribution is -2.45. The molecule has 14 nitrogen and oxygen atoms in total. The van der Waals surface area contributed by atoms with Gasteiger partial charge in [0.15, 0.2) is 35.8 Å². The molecule has 15 heteroatoms. The molecule has 5 N–H and O–H groups in total. The summed E-state index contributed by atoms with van der Waals surface area (Å²) in [5.74, 6) is -0.793. The Balaban J connectivity index is 1.69. The summed E-state index contributed by atoms with van der Waals surface area (Å²) in [5, 5.41) is 28.7. The van der Waals surface area contributed by atoms with E-state index in [1.54, 1.807) is 45.0 Å². The zero-order chi connectivity index (χ0) is 31.5. The van der Waals surface area contributed by atoms with Gasteiger partial charge in [-0.25, -0.2) is 14.4 Å². The van der Waals surface area contributed by atoms with Gasteiger partial charge in [0.25, 0.3) is 0 Å². The van der Waals surface area contributed by atoms with Crippen LogP contribution in [0.4, 0.5) is 4.79 Å². The number of aliphatic hydroxyl groups is 1. The largest absolute Gasteiger partial charge is 0.490 e. The normalized spacial score (nSPS) is 15.3. The van der Waals surface area contributed by atoms with Crippen LogP contribution in [0.1, 0.15) is 37.9 Å². The molecule has 2 aromatic carbocycles. The predicted molar refractivity (Wildman–Crippen MR) is 155 cm³/mol. The fourth-order valence-electron chi connectivity index (χ4n) is 4.02. The van der Waals surface area contributed by atoms with Crippen LogP contribution >= 0.6 is 11.6 Å². The number of hydrogen-bond donors (Lipinski definition) is 5. The van der Waals surface area contributed by atoms with E-state index < -0.39 is 36.8 Å². The summed E-state index contributed by atoms with van der Waals surface area (Å²) in [6.45, 7) is 4.92. The number of nitrogens with one attached hydrogen (secondary N) is 3. The van der Waals surface area contributed by atoms with Crippen LogP contribution in [0.25, 0.3) is 0 Å². The number of amides is 2. The first-order valence-corrected chi connectivity index (χ1v) is 13.5. The number of carbonyl (C=O) groups excluding carboxylic acids is 2. The van der Waals surface area contributed by atoms with Crippen molar-refractivity contribution in [2.45, 2.75) is 33.0 Å². The number of rotatable bonds is 15. The van der Waals surface area contributed by atoms with Crippen LogP contribution in [0.15, 0.2) is 46.7 Å². The Hall–Kier alpha value is -4.69. The Bertz CT molecular complexity index is 1400. The summed E-state index contributed by atoms with van der Waals surface area (Å²) in [5.41, 5.74) is 4.19. The molecule has 0 bridgehead atoms. The number of hydrogen-bond acceptors (Lipinski definition) is 11. The van der Waals surface area contributed by atoms with Crippen molar-refractivity contribution in [2.24, 2.45) is 5.10 Å². The zero-order valence-electron chi connectivity index (χ0n) is 23.9. The lowest BCUT2D eigenvalue weighted by molar-refractivity contribution is -0.139. The summed E-state index contributed by atoms with van der Waals surface area (Å²) in [4.78, 5) is 35.4. The fraction of sp³-hybridized carbons (Fsp3) is 0.357.